The van der Waals surface area contributed by atoms with Crippen molar-refractivity contribution in [2.75, 3.05) is 40.3 Å². The summed E-state index contributed by atoms with van der Waals surface area (Å²) in [7, 11) is 4.25. The molecule has 0 aliphatic carbocycles. The van der Waals surface area contributed by atoms with E-state index in [1.54, 1.807) is 0 Å². The molecule has 2 N–H and O–H groups in total. The smallest absolute Gasteiger partial charge is 0.138 e. The zero-order valence-electron chi connectivity index (χ0n) is 12.8. The van der Waals surface area contributed by atoms with Gasteiger partial charge in [0.15, 0.2) is 0 Å². The predicted octanol–water partition coefficient (Wildman–Crippen LogP) is 1.98. The summed E-state index contributed by atoms with van der Waals surface area (Å²) in [5.74, 6) is 1.38. The number of hydrogen-bond donors (Lipinski definition) is 1. The summed E-state index contributed by atoms with van der Waals surface area (Å²) in [4.78, 5) is 4.60. The number of rotatable bonds is 4. The van der Waals surface area contributed by atoms with Crippen LogP contribution in [0.4, 0.5) is 0 Å². The van der Waals surface area contributed by atoms with Crippen molar-refractivity contribution in [2.24, 2.45) is 11.7 Å². The first kappa shape index (κ1) is 15.1. The largest absolute Gasteiger partial charge is 0.486 e. The van der Waals surface area contributed by atoms with E-state index in [1.165, 1.54) is 5.56 Å². The number of benzene rings is 1. The van der Waals surface area contributed by atoms with Crippen molar-refractivity contribution < 1.29 is 4.74 Å². The first-order chi connectivity index (χ1) is 10.1. The molecule has 0 aromatic heterocycles. The highest BCUT2D eigenvalue weighted by Gasteiger charge is 2.30. The molecular formula is C16H24ClN3O. The Labute approximate surface area is 131 Å². The third kappa shape index (κ3) is 3.19. The minimum Gasteiger partial charge on any atom is -0.486 e. The van der Waals surface area contributed by atoms with Gasteiger partial charge in [0.1, 0.15) is 11.9 Å². The van der Waals surface area contributed by atoms with E-state index in [0.29, 0.717) is 17.0 Å². The van der Waals surface area contributed by atoms with Gasteiger partial charge < -0.3 is 10.5 Å². The van der Waals surface area contributed by atoms with Crippen molar-refractivity contribution in [2.45, 2.75) is 18.6 Å². The van der Waals surface area contributed by atoms with Gasteiger partial charge in [-0.2, -0.15) is 0 Å². The van der Waals surface area contributed by atoms with Crippen LogP contribution in [0.5, 0.6) is 5.75 Å². The fourth-order valence-corrected chi connectivity index (χ4v) is 3.62. The lowest BCUT2D eigenvalue weighted by Crippen LogP contribution is -2.51. The number of likely N-dealkylation sites (N-methyl/N-ethyl adjacent to an activating group) is 1. The van der Waals surface area contributed by atoms with Crippen LogP contribution < -0.4 is 10.5 Å². The van der Waals surface area contributed by atoms with Gasteiger partial charge >= 0.3 is 0 Å². The van der Waals surface area contributed by atoms with Gasteiger partial charge in [-0.15, -0.1) is 0 Å². The number of nitrogens with zero attached hydrogens (tertiary/aromatic N) is 2. The molecule has 2 saturated heterocycles. The second kappa shape index (κ2) is 6.13. The minimum absolute atomic E-state index is 0.272. The van der Waals surface area contributed by atoms with Crippen molar-refractivity contribution >= 4 is 11.6 Å². The molecule has 2 heterocycles. The number of hydrogen-bond acceptors (Lipinski definition) is 4. The maximum absolute atomic E-state index is 6.41. The number of nitrogens with two attached hydrogens (primary N) is 1. The molecule has 5 heteroatoms. The molecule has 0 bridgehead atoms. The third-order valence-electron chi connectivity index (χ3n) is 4.63. The van der Waals surface area contributed by atoms with Crippen LogP contribution in [0.2, 0.25) is 5.02 Å². The molecule has 21 heavy (non-hydrogen) atoms. The summed E-state index contributed by atoms with van der Waals surface area (Å²) in [6, 6.07) is 6.63. The van der Waals surface area contributed by atoms with Crippen LogP contribution in [0, 0.1) is 5.92 Å². The van der Waals surface area contributed by atoms with E-state index in [4.69, 9.17) is 22.1 Å². The molecule has 2 aliphatic rings. The Balaban J connectivity index is 1.69. The maximum Gasteiger partial charge on any atom is 0.138 e. The van der Waals surface area contributed by atoms with Gasteiger partial charge in [-0.05, 0) is 50.7 Å². The summed E-state index contributed by atoms with van der Waals surface area (Å²) < 4.78 is 5.93. The fourth-order valence-electron chi connectivity index (χ4n) is 3.38. The average molecular weight is 310 g/mol. The number of halogens is 1. The SMILES string of the molecule is CN1CC(Oc2ccc(C3CC(CN)CN3C)cc2Cl)C1. The molecule has 4 nitrogen and oxygen atoms in total. The molecule has 2 atom stereocenters. The van der Waals surface area contributed by atoms with Crippen molar-refractivity contribution in [1.29, 1.82) is 0 Å². The first-order valence-electron chi connectivity index (χ1n) is 7.61. The van der Waals surface area contributed by atoms with E-state index in [-0.39, 0.29) is 6.10 Å². The molecule has 2 aliphatic heterocycles. The Kier molecular flexibility index (Phi) is 4.41. The Morgan fingerprint density at radius 1 is 1.29 bits per heavy atom. The molecular weight excluding hydrogens is 286 g/mol. The number of likely N-dealkylation sites (tertiary alicyclic amines) is 2. The minimum atomic E-state index is 0.272. The highest BCUT2D eigenvalue weighted by Crippen LogP contribution is 2.37. The van der Waals surface area contributed by atoms with Crippen molar-refractivity contribution in [3.05, 3.63) is 28.8 Å². The molecule has 0 spiro atoms. The van der Waals surface area contributed by atoms with Crippen molar-refractivity contribution in [3.63, 3.8) is 0 Å². The van der Waals surface area contributed by atoms with Crippen LogP contribution in [0.25, 0.3) is 0 Å². The summed E-state index contributed by atoms with van der Waals surface area (Å²) in [6.45, 7) is 3.76. The van der Waals surface area contributed by atoms with Gasteiger partial charge in [-0.3, -0.25) is 9.80 Å². The van der Waals surface area contributed by atoms with Crippen LogP contribution in [0.3, 0.4) is 0 Å². The lowest BCUT2D eigenvalue weighted by atomic mass is 10.00. The molecule has 2 fully saturated rings. The van der Waals surface area contributed by atoms with Crippen LogP contribution in [-0.2, 0) is 0 Å². The quantitative estimate of drug-likeness (QED) is 0.923. The van der Waals surface area contributed by atoms with E-state index >= 15 is 0 Å². The normalized spacial score (nSPS) is 27.8. The topological polar surface area (TPSA) is 41.7 Å². The van der Waals surface area contributed by atoms with Crippen LogP contribution >= 0.6 is 11.6 Å². The van der Waals surface area contributed by atoms with Gasteiger partial charge in [0.25, 0.3) is 0 Å². The monoisotopic (exact) mass is 309 g/mol. The average Bonchev–Trinajstić information content (AvgIpc) is 2.80. The lowest BCUT2D eigenvalue weighted by Gasteiger charge is -2.36. The Morgan fingerprint density at radius 2 is 2.05 bits per heavy atom. The van der Waals surface area contributed by atoms with E-state index in [0.717, 1.165) is 38.3 Å². The lowest BCUT2D eigenvalue weighted by molar-refractivity contribution is 0.0389. The Morgan fingerprint density at radius 3 is 2.62 bits per heavy atom. The summed E-state index contributed by atoms with van der Waals surface area (Å²) >= 11 is 6.41. The second-order valence-corrected chi connectivity index (χ2v) is 6.85. The summed E-state index contributed by atoms with van der Waals surface area (Å²) in [5, 5.41) is 0.714. The van der Waals surface area contributed by atoms with Gasteiger partial charge in [0, 0.05) is 25.7 Å². The fraction of sp³-hybridized carbons (Fsp3) is 0.625. The molecule has 1 aromatic rings. The predicted molar refractivity (Wildman–Crippen MR) is 85.9 cm³/mol. The third-order valence-corrected chi connectivity index (χ3v) is 4.93. The molecule has 0 amide bonds. The van der Waals surface area contributed by atoms with E-state index in [9.17, 15) is 0 Å². The highest BCUT2D eigenvalue weighted by molar-refractivity contribution is 6.32. The zero-order chi connectivity index (χ0) is 15.0. The Bertz CT molecular complexity index is 504. The van der Waals surface area contributed by atoms with Crippen LogP contribution in [0.15, 0.2) is 18.2 Å². The summed E-state index contributed by atoms with van der Waals surface area (Å²) in [6.07, 6.45) is 1.38. The molecule has 116 valence electrons. The molecule has 0 saturated carbocycles. The first-order valence-corrected chi connectivity index (χ1v) is 7.99. The van der Waals surface area contributed by atoms with E-state index in [1.807, 2.05) is 6.07 Å². The Hall–Kier alpha value is -0.810. The zero-order valence-corrected chi connectivity index (χ0v) is 13.5. The van der Waals surface area contributed by atoms with Crippen molar-refractivity contribution in [3.8, 4) is 5.75 Å². The van der Waals surface area contributed by atoms with Gasteiger partial charge in [0.2, 0.25) is 0 Å². The van der Waals surface area contributed by atoms with Crippen molar-refractivity contribution in [1.82, 2.24) is 9.80 Å². The van der Waals surface area contributed by atoms with Crippen LogP contribution in [-0.4, -0.2) is 56.2 Å². The maximum atomic E-state index is 6.41. The van der Waals surface area contributed by atoms with Gasteiger partial charge in [-0.1, -0.05) is 17.7 Å². The second-order valence-electron chi connectivity index (χ2n) is 6.44. The summed E-state index contributed by atoms with van der Waals surface area (Å²) in [5.41, 5.74) is 7.06. The highest BCUT2D eigenvalue weighted by atomic mass is 35.5. The molecule has 3 rings (SSSR count). The number of ether oxygens (including phenoxy) is 1. The van der Waals surface area contributed by atoms with Crippen LogP contribution in [0.1, 0.15) is 18.0 Å². The van der Waals surface area contributed by atoms with Gasteiger partial charge in [0.05, 0.1) is 5.02 Å². The molecule has 0 radical (unpaired) electrons. The van der Waals surface area contributed by atoms with Gasteiger partial charge in [-0.25, -0.2) is 0 Å². The standard InChI is InChI=1S/C16H24ClN3O/c1-19-9-13(10-19)21-16-4-3-12(6-14(16)17)15-5-11(7-18)8-20(15)2/h3-4,6,11,13,15H,5,7-10,18H2,1-2H3. The molecule has 1 aromatic carbocycles. The van der Waals surface area contributed by atoms with E-state index in [2.05, 4.69) is 36.0 Å². The molecule has 2 unspecified atom stereocenters. The van der Waals surface area contributed by atoms with E-state index < -0.39 is 0 Å².